The summed E-state index contributed by atoms with van der Waals surface area (Å²) < 4.78 is 31.6. The molecule has 0 aromatic carbocycles. The van der Waals surface area contributed by atoms with Gasteiger partial charge in [-0.05, 0) is 0 Å². The van der Waals surface area contributed by atoms with E-state index in [1.165, 1.54) is 0 Å². The van der Waals surface area contributed by atoms with Crippen molar-refractivity contribution in [2.45, 2.75) is 6.42 Å². The zero-order valence-corrected chi connectivity index (χ0v) is 6.30. The van der Waals surface area contributed by atoms with Crippen LogP contribution in [0, 0.1) is 18.3 Å². The first-order valence-corrected chi connectivity index (χ1v) is 3.17. The summed E-state index contributed by atoms with van der Waals surface area (Å²) in [6.07, 6.45) is 0.375. The molecule has 54 valence electrons. The van der Waals surface area contributed by atoms with E-state index < -0.39 is 10.4 Å². The third kappa shape index (κ3) is 420. The molecule has 5 nitrogen and oxygen atoms in total. The molecule has 0 amide bonds. The summed E-state index contributed by atoms with van der Waals surface area (Å²) in [6.45, 7) is 3.24. The van der Waals surface area contributed by atoms with Crippen LogP contribution in [0.3, 0.4) is 0 Å². The van der Waals surface area contributed by atoms with Crippen LogP contribution >= 0.6 is 0 Å². The van der Waals surface area contributed by atoms with Gasteiger partial charge in [0.1, 0.15) is 0 Å². The van der Waals surface area contributed by atoms with Gasteiger partial charge in [0.15, 0.2) is 0 Å². The molecular weight excluding hydrogens is 153 g/mol. The summed E-state index contributed by atoms with van der Waals surface area (Å²) in [5.74, 6) is 0. The molecule has 0 aromatic heterocycles. The van der Waals surface area contributed by atoms with Gasteiger partial charge in [-0.1, -0.05) is 6.42 Å². The number of hydrogen-bond donors (Lipinski definition) is 2. The molecule has 0 aliphatic carbocycles. The Bertz CT molecular complexity index is 173. The van der Waals surface area contributed by atoms with Gasteiger partial charge in [0.05, 0.1) is 0 Å². The van der Waals surface area contributed by atoms with Crippen molar-refractivity contribution in [2.24, 2.45) is 0 Å². The molecular formula is C3H6LiNO4S. The molecule has 0 aliphatic rings. The van der Waals surface area contributed by atoms with Gasteiger partial charge in [-0.15, -0.1) is 0 Å². The van der Waals surface area contributed by atoms with Crippen LogP contribution in [0.15, 0.2) is 0 Å². The summed E-state index contributed by atoms with van der Waals surface area (Å²) in [6, 6.07) is 1.82. The Morgan fingerprint density at radius 3 is 1.60 bits per heavy atom. The van der Waals surface area contributed by atoms with Crippen LogP contribution in [0.1, 0.15) is 6.42 Å². The summed E-state index contributed by atoms with van der Waals surface area (Å²) in [7, 11) is -4.67. The number of rotatable bonds is 0. The van der Waals surface area contributed by atoms with Crippen LogP contribution < -0.4 is 18.9 Å². The minimum atomic E-state index is -4.67. The molecule has 0 spiro atoms. The van der Waals surface area contributed by atoms with Crippen molar-refractivity contribution in [1.82, 2.24) is 0 Å². The van der Waals surface area contributed by atoms with E-state index in [4.69, 9.17) is 22.8 Å². The van der Waals surface area contributed by atoms with Crippen molar-refractivity contribution < 1.29 is 36.4 Å². The molecule has 0 bridgehead atoms. The van der Waals surface area contributed by atoms with Crippen LogP contribution in [-0.2, 0) is 10.4 Å². The van der Waals surface area contributed by atoms with E-state index in [2.05, 4.69) is 6.92 Å². The van der Waals surface area contributed by atoms with Crippen molar-refractivity contribution in [2.75, 3.05) is 0 Å². The molecule has 0 rings (SSSR count). The van der Waals surface area contributed by atoms with E-state index in [9.17, 15) is 0 Å². The largest absolute Gasteiger partial charge is 1.00 e. The Hall–Kier alpha value is -0.0426. The minimum absolute atomic E-state index is 0. The topological polar surface area (TPSA) is 98.4 Å². The minimum Gasteiger partial charge on any atom is -0.330 e. The van der Waals surface area contributed by atoms with Crippen molar-refractivity contribution in [1.29, 1.82) is 5.26 Å². The summed E-state index contributed by atoms with van der Waals surface area (Å²) in [5, 5.41) is 7.56. The third-order valence-electron chi connectivity index (χ3n) is 0.112. The Labute approximate surface area is 71.8 Å². The average Bonchev–Trinajstić information content (AvgIpc) is 1.61. The maximum Gasteiger partial charge on any atom is 1.00 e. The number of nitrogens with zero attached hydrogens (tertiary/aromatic N) is 1. The van der Waals surface area contributed by atoms with Crippen molar-refractivity contribution in [3.63, 3.8) is 0 Å². The van der Waals surface area contributed by atoms with Crippen molar-refractivity contribution in [3.05, 3.63) is 6.92 Å². The fraction of sp³-hybridized carbons (Fsp3) is 0.333. The maximum atomic E-state index is 8.74. The molecule has 0 saturated heterocycles. The Balaban J connectivity index is -0.0000000910. The fourth-order valence-electron chi connectivity index (χ4n) is 0. The Morgan fingerprint density at radius 1 is 1.50 bits per heavy atom. The summed E-state index contributed by atoms with van der Waals surface area (Å²) in [4.78, 5) is 0. The molecule has 7 heteroatoms. The van der Waals surface area contributed by atoms with Crippen LogP contribution in [0.25, 0.3) is 0 Å². The predicted octanol–water partition coefficient (Wildman–Crippen LogP) is -2.91. The van der Waals surface area contributed by atoms with Gasteiger partial charge in [-0.3, -0.25) is 9.11 Å². The second kappa shape index (κ2) is 8.96. The van der Waals surface area contributed by atoms with Gasteiger partial charge < -0.3 is 6.92 Å². The SMILES string of the molecule is O=S(=O)(O)O.[CH2-]CC#N.[Li+]. The molecule has 0 heterocycles. The zero-order chi connectivity index (χ0) is 7.91. The van der Waals surface area contributed by atoms with E-state index in [-0.39, 0.29) is 18.9 Å². The molecule has 10 heavy (non-hydrogen) atoms. The molecule has 0 saturated carbocycles. The van der Waals surface area contributed by atoms with E-state index in [1.807, 2.05) is 6.07 Å². The molecule has 0 fully saturated rings. The van der Waals surface area contributed by atoms with Gasteiger partial charge >= 0.3 is 29.3 Å². The van der Waals surface area contributed by atoms with Gasteiger partial charge in [0.25, 0.3) is 0 Å². The quantitative estimate of drug-likeness (QED) is 0.224. The van der Waals surface area contributed by atoms with Crippen LogP contribution in [-0.4, -0.2) is 17.5 Å². The first-order valence-electron chi connectivity index (χ1n) is 1.78. The second-order valence-corrected chi connectivity index (χ2v) is 1.75. The van der Waals surface area contributed by atoms with Crippen molar-refractivity contribution >= 4 is 10.4 Å². The van der Waals surface area contributed by atoms with Gasteiger partial charge in [-0.25, -0.2) is 5.26 Å². The molecule has 0 unspecified atom stereocenters. The van der Waals surface area contributed by atoms with E-state index in [0.717, 1.165) is 0 Å². The molecule has 0 atom stereocenters. The predicted molar refractivity (Wildman–Crippen MR) is 29.8 cm³/mol. The Morgan fingerprint density at radius 2 is 1.60 bits per heavy atom. The zero-order valence-electron chi connectivity index (χ0n) is 5.48. The van der Waals surface area contributed by atoms with Crippen LogP contribution in [0.2, 0.25) is 0 Å². The van der Waals surface area contributed by atoms with Gasteiger partial charge in [-0.2, -0.15) is 8.42 Å². The Kier molecular flexibility index (Phi) is 14.8. The van der Waals surface area contributed by atoms with Crippen molar-refractivity contribution in [3.8, 4) is 6.07 Å². The molecule has 2 N–H and O–H groups in total. The average molecular weight is 159 g/mol. The van der Waals surface area contributed by atoms with E-state index >= 15 is 0 Å². The van der Waals surface area contributed by atoms with Crippen LogP contribution in [0.5, 0.6) is 0 Å². The van der Waals surface area contributed by atoms with Gasteiger partial charge in [0, 0.05) is 6.07 Å². The third-order valence-corrected chi connectivity index (χ3v) is 0.112. The molecule has 0 radical (unpaired) electrons. The smallest absolute Gasteiger partial charge is 0.330 e. The summed E-state index contributed by atoms with van der Waals surface area (Å²) in [5.41, 5.74) is 0. The number of nitriles is 1. The van der Waals surface area contributed by atoms with E-state index in [0.29, 0.717) is 6.42 Å². The fourth-order valence-corrected chi connectivity index (χ4v) is 0. The number of hydrogen-bond acceptors (Lipinski definition) is 3. The van der Waals surface area contributed by atoms with E-state index in [1.54, 1.807) is 0 Å². The maximum absolute atomic E-state index is 8.74. The standard InChI is InChI=1S/C3H4N.Li.H2O4S/c1-2-3-4;;1-5(2,3)4/h1-2H2;;(H2,1,2,3,4)/q-1;+1;. The molecule has 0 aromatic rings. The second-order valence-electron chi connectivity index (χ2n) is 0.856. The first kappa shape index (κ1) is 16.5. The normalized spacial score (nSPS) is 7.80. The molecule has 0 aliphatic heterocycles. The monoisotopic (exact) mass is 159 g/mol. The van der Waals surface area contributed by atoms with Gasteiger partial charge in [0.2, 0.25) is 0 Å². The first-order chi connectivity index (χ1) is 3.91. The summed E-state index contributed by atoms with van der Waals surface area (Å²) >= 11 is 0. The van der Waals surface area contributed by atoms with Crippen LogP contribution in [0.4, 0.5) is 0 Å².